The van der Waals surface area contributed by atoms with Crippen molar-refractivity contribution in [2.24, 2.45) is 5.92 Å². The lowest BCUT2D eigenvalue weighted by Gasteiger charge is -2.22. The number of rotatable bonds is 4. The predicted molar refractivity (Wildman–Crippen MR) is 69.4 cm³/mol. The van der Waals surface area contributed by atoms with Crippen molar-refractivity contribution >= 4 is 0 Å². The van der Waals surface area contributed by atoms with Crippen LogP contribution in [0.15, 0.2) is 30.3 Å². The minimum absolute atomic E-state index is 0.265. The van der Waals surface area contributed by atoms with E-state index in [2.05, 4.69) is 48.6 Å². The van der Waals surface area contributed by atoms with Crippen molar-refractivity contribution < 1.29 is 0 Å². The molecule has 2 nitrogen and oxygen atoms in total. The van der Waals surface area contributed by atoms with Crippen molar-refractivity contribution in [2.45, 2.75) is 44.7 Å². The molecule has 0 saturated heterocycles. The van der Waals surface area contributed by atoms with E-state index in [9.17, 15) is 0 Å². The van der Waals surface area contributed by atoms with Crippen LogP contribution in [0.25, 0.3) is 0 Å². The highest BCUT2D eigenvalue weighted by Crippen LogP contribution is 2.27. The molecule has 0 bridgehead atoms. The fourth-order valence-corrected chi connectivity index (χ4v) is 2.67. The highest BCUT2D eigenvalue weighted by Gasteiger charge is 2.26. The number of benzene rings is 1. The maximum Gasteiger partial charge on any atom is 0.0656 e. The van der Waals surface area contributed by atoms with Gasteiger partial charge in [0.2, 0.25) is 0 Å². The van der Waals surface area contributed by atoms with E-state index >= 15 is 0 Å². The molecule has 2 rings (SSSR count). The van der Waals surface area contributed by atoms with Crippen LogP contribution in [0.3, 0.4) is 0 Å². The Morgan fingerprint density at radius 2 is 2.12 bits per heavy atom. The van der Waals surface area contributed by atoms with Crippen LogP contribution in [0, 0.1) is 17.2 Å². The second-order valence-corrected chi connectivity index (χ2v) is 4.87. The molecular formula is C15H20N2. The van der Waals surface area contributed by atoms with E-state index in [-0.39, 0.29) is 5.92 Å². The number of nitrogens with one attached hydrogen (secondary N) is 1. The lowest BCUT2D eigenvalue weighted by molar-refractivity contribution is 0.426. The highest BCUT2D eigenvalue weighted by molar-refractivity contribution is 5.19. The van der Waals surface area contributed by atoms with E-state index in [0.717, 1.165) is 25.7 Å². The van der Waals surface area contributed by atoms with E-state index in [1.807, 2.05) is 0 Å². The summed E-state index contributed by atoms with van der Waals surface area (Å²) in [5.41, 5.74) is 1.36. The molecule has 0 amide bonds. The summed E-state index contributed by atoms with van der Waals surface area (Å²) in [4.78, 5) is 0. The Morgan fingerprint density at radius 1 is 1.35 bits per heavy atom. The zero-order valence-electron chi connectivity index (χ0n) is 10.4. The third-order valence-electron chi connectivity index (χ3n) is 3.66. The van der Waals surface area contributed by atoms with Crippen LogP contribution < -0.4 is 5.32 Å². The third-order valence-corrected chi connectivity index (χ3v) is 3.66. The molecule has 1 aliphatic carbocycles. The van der Waals surface area contributed by atoms with E-state index in [4.69, 9.17) is 5.26 Å². The van der Waals surface area contributed by atoms with Crippen LogP contribution in [0.1, 0.15) is 44.2 Å². The van der Waals surface area contributed by atoms with Crippen molar-refractivity contribution in [3.05, 3.63) is 35.9 Å². The second-order valence-electron chi connectivity index (χ2n) is 4.87. The van der Waals surface area contributed by atoms with E-state index in [1.54, 1.807) is 0 Å². The van der Waals surface area contributed by atoms with Gasteiger partial charge >= 0.3 is 0 Å². The molecule has 90 valence electrons. The summed E-state index contributed by atoms with van der Waals surface area (Å²) < 4.78 is 0. The first kappa shape index (κ1) is 12.1. The molecule has 1 aromatic rings. The zero-order chi connectivity index (χ0) is 12.1. The summed E-state index contributed by atoms with van der Waals surface area (Å²) in [6.45, 7) is 2.21. The fraction of sp³-hybridized carbons (Fsp3) is 0.533. The molecule has 3 atom stereocenters. The van der Waals surface area contributed by atoms with Gasteiger partial charge in [0.15, 0.2) is 0 Å². The molecule has 0 radical (unpaired) electrons. The van der Waals surface area contributed by atoms with Gasteiger partial charge in [-0.25, -0.2) is 0 Å². The smallest absolute Gasteiger partial charge is 0.0656 e. The van der Waals surface area contributed by atoms with Gasteiger partial charge < -0.3 is 5.32 Å². The highest BCUT2D eigenvalue weighted by atomic mass is 15.0. The standard InChI is InChI=1S/C15H20N2/c1-2-15(13-6-4-3-5-7-13)17-14-9-8-12(10-14)11-16/h3-7,12,14-15,17H,2,8-10H2,1H3. The zero-order valence-corrected chi connectivity index (χ0v) is 10.4. The molecule has 3 unspecified atom stereocenters. The summed E-state index contributed by atoms with van der Waals surface area (Å²) in [6.07, 6.45) is 4.30. The van der Waals surface area contributed by atoms with Gasteiger partial charge in [0.25, 0.3) is 0 Å². The van der Waals surface area contributed by atoms with Crippen LogP contribution in [0.4, 0.5) is 0 Å². The molecular weight excluding hydrogens is 208 g/mol. The summed E-state index contributed by atoms with van der Waals surface area (Å²) in [5.74, 6) is 0.265. The van der Waals surface area contributed by atoms with Crippen LogP contribution in [-0.4, -0.2) is 6.04 Å². The lowest BCUT2D eigenvalue weighted by atomic mass is 10.0. The van der Waals surface area contributed by atoms with Crippen LogP contribution in [0.5, 0.6) is 0 Å². The van der Waals surface area contributed by atoms with Crippen molar-refractivity contribution in [3.8, 4) is 6.07 Å². The molecule has 0 aliphatic heterocycles. The van der Waals surface area contributed by atoms with Gasteiger partial charge in [0, 0.05) is 18.0 Å². The van der Waals surface area contributed by atoms with Crippen molar-refractivity contribution in [2.75, 3.05) is 0 Å². The number of hydrogen-bond acceptors (Lipinski definition) is 2. The number of hydrogen-bond donors (Lipinski definition) is 1. The second kappa shape index (κ2) is 5.84. The van der Waals surface area contributed by atoms with Crippen LogP contribution in [0.2, 0.25) is 0 Å². The van der Waals surface area contributed by atoms with Crippen LogP contribution in [-0.2, 0) is 0 Å². The topological polar surface area (TPSA) is 35.8 Å². The molecule has 0 heterocycles. The number of nitrogens with zero attached hydrogens (tertiary/aromatic N) is 1. The monoisotopic (exact) mass is 228 g/mol. The van der Waals surface area contributed by atoms with E-state index in [0.29, 0.717) is 12.1 Å². The summed E-state index contributed by atoms with van der Waals surface area (Å²) in [6, 6.07) is 13.9. The Hall–Kier alpha value is -1.33. The largest absolute Gasteiger partial charge is 0.307 e. The Labute approximate surface area is 104 Å². The third kappa shape index (κ3) is 3.08. The molecule has 1 aliphatic rings. The summed E-state index contributed by atoms with van der Waals surface area (Å²) in [5, 5.41) is 12.6. The first-order valence-electron chi connectivity index (χ1n) is 6.54. The van der Waals surface area contributed by atoms with Crippen LogP contribution >= 0.6 is 0 Å². The molecule has 1 N–H and O–H groups in total. The van der Waals surface area contributed by atoms with E-state index < -0.39 is 0 Å². The molecule has 1 aromatic carbocycles. The predicted octanol–water partition coefficient (Wildman–Crippen LogP) is 3.42. The average Bonchev–Trinajstić information content (AvgIpc) is 2.84. The Balaban J connectivity index is 1.95. The van der Waals surface area contributed by atoms with E-state index in [1.165, 1.54) is 5.56 Å². The van der Waals surface area contributed by atoms with Gasteiger partial charge in [0.05, 0.1) is 6.07 Å². The maximum atomic E-state index is 8.91. The number of nitriles is 1. The first-order valence-corrected chi connectivity index (χ1v) is 6.54. The lowest BCUT2D eigenvalue weighted by Crippen LogP contribution is -2.30. The Kier molecular flexibility index (Phi) is 4.17. The minimum atomic E-state index is 0.265. The maximum absolute atomic E-state index is 8.91. The normalized spacial score (nSPS) is 25.4. The summed E-state index contributed by atoms with van der Waals surface area (Å²) in [7, 11) is 0. The van der Waals surface area contributed by atoms with Gasteiger partial charge in [-0.15, -0.1) is 0 Å². The quantitative estimate of drug-likeness (QED) is 0.857. The molecule has 0 spiro atoms. The van der Waals surface area contributed by atoms with Gasteiger partial charge in [-0.1, -0.05) is 37.3 Å². The Bertz CT molecular complexity index is 380. The average molecular weight is 228 g/mol. The minimum Gasteiger partial charge on any atom is -0.307 e. The van der Waals surface area contributed by atoms with Gasteiger partial charge in [-0.2, -0.15) is 5.26 Å². The van der Waals surface area contributed by atoms with Gasteiger partial charge in [0.1, 0.15) is 0 Å². The fourth-order valence-electron chi connectivity index (χ4n) is 2.67. The molecule has 2 heteroatoms. The summed E-state index contributed by atoms with van der Waals surface area (Å²) >= 11 is 0. The first-order chi connectivity index (χ1) is 8.33. The van der Waals surface area contributed by atoms with Gasteiger partial charge in [-0.05, 0) is 31.2 Å². The molecule has 0 aromatic heterocycles. The molecule has 1 saturated carbocycles. The van der Waals surface area contributed by atoms with Crippen molar-refractivity contribution in [3.63, 3.8) is 0 Å². The molecule has 17 heavy (non-hydrogen) atoms. The van der Waals surface area contributed by atoms with Crippen molar-refractivity contribution in [1.29, 1.82) is 5.26 Å². The van der Waals surface area contributed by atoms with Gasteiger partial charge in [-0.3, -0.25) is 0 Å². The molecule has 1 fully saturated rings. The van der Waals surface area contributed by atoms with Crippen molar-refractivity contribution in [1.82, 2.24) is 5.32 Å². The Morgan fingerprint density at radius 3 is 2.71 bits per heavy atom. The SMILES string of the molecule is CCC(NC1CCC(C#N)C1)c1ccccc1.